The van der Waals surface area contributed by atoms with Gasteiger partial charge >= 0.3 is 0 Å². The molecule has 0 aromatic heterocycles. The van der Waals surface area contributed by atoms with Gasteiger partial charge in [-0.1, -0.05) is 12.1 Å². The number of hydrogen-bond acceptors (Lipinski definition) is 7. The van der Waals surface area contributed by atoms with Crippen molar-refractivity contribution >= 4 is 16.3 Å². The van der Waals surface area contributed by atoms with Gasteiger partial charge in [-0.05, 0) is 26.0 Å². The van der Waals surface area contributed by atoms with E-state index in [9.17, 15) is 13.2 Å². The Hall–Kier alpha value is -2.78. The number of ether oxygens (including phenoxy) is 4. The molecule has 8 nitrogen and oxygen atoms in total. The van der Waals surface area contributed by atoms with Crippen molar-refractivity contribution in [2.24, 2.45) is 0 Å². The molecule has 0 fully saturated rings. The number of carbonyl (C=O) groups excluding carboxylic acids is 1. The maximum atomic E-state index is 13.4. The number of methoxy groups -OCH3 is 4. The van der Waals surface area contributed by atoms with Crippen LogP contribution in [0.15, 0.2) is 36.4 Å². The molecule has 31 heavy (non-hydrogen) atoms. The zero-order valence-corrected chi connectivity index (χ0v) is 19.5. The lowest BCUT2D eigenvalue weighted by Crippen LogP contribution is -2.45. The van der Waals surface area contributed by atoms with Crippen LogP contribution in [0.3, 0.4) is 0 Å². The first-order valence-corrected chi connectivity index (χ1v) is 10.9. The molecule has 0 bridgehead atoms. The summed E-state index contributed by atoms with van der Waals surface area (Å²) >= 11 is 0. The van der Waals surface area contributed by atoms with Crippen molar-refractivity contribution < 1.29 is 32.2 Å². The van der Waals surface area contributed by atoms with Crippen molar-refractivity contribution in [1.82, 2.24) is 4.31 Å². The first kappa shape index (κ1) is 24.5. The molecule has 0 aliphatic heterocycles. The van der Waals surface area contributed by atoms with Gasteiger partial charge in [0.25, 0.3) is 0 Å². The van der Waals surface area contributed by atoms with Gasteiger partial charge in [0.2, 0.25) is 10.0 Å². The predicted molar refractivity (Wildman–Crippen MR) is 117 cm³/mol. The number of hydrogen-bond donors (Lipinski definition) is 0. The summed E-state index contributed by atoms with van der Waals surface area (Å²) in [6, 6.07) is 10.3. The molecule has 0 aliphatic carbocycles. The van der Waals surface area contributed by atoms with Crippen molar-refractivity contribution in [2.45, 2.75) is 31.7 Å². The number of carbonyl (C=O) groups is 1. The molecule has 0 atom stereocenters. The van der Waals surface area contributed by atoms with Crippen molar-refractivity contribution in [3.63, 3.8) is 0 Å². The largest absolute Gasteiger partial charge is 0.497 e. The number of aldehydes is 1. The Morgan fingerprint density at radius 1 is 0.806 bits per heavy atom. The molecule has 170 valence electrons. The minimum Gasteiger partial charge on any atom is -0.497 e. The molecule has 0 spiro atoms. The average molecular weight is 452 g/mol. The van der Waals surface area contributed by atoms with Crippen LogP contribution in [-0.4, -0.2) is 52.2 Å². The number of sulfonamides is 1. The Balaban J connectivity index is 2.54. The van der Waals surface area contributed by atoms with Crippen LogP contribution in [0.1, 0.15) is 25.0 Å². The van der Waals surface area contributed by atoms with E-state index in [4.69, 9.17) is 18.9 Å². The highest BCUT2D eigenvalue weighted by Crippen LogP contribution is 2.32. The Bertz CT molecular complexity index is 961. The molecule has 0 aliphatic rings. The summed E-state index contributed by atoms with van der Waals surface area (Å²) in [7, 11) is 2.03. The topological polar surface area (TPSA) is 91.4 Å². The predicted octanol–water partition coefficient (Wildman–Crippen LogP) is 3.03. The van der Waals surface area contributed by atoms with Crippen LogP contribution in [0.25, 0.3) is 0 Å². The van der Waals surface area contributed by atoms with Gasteiger partial charge < -0.3 is 23.7 Å². The smallest absolute Gasteiger partial charge is 0.226 e. The van der Waals surface area contributed by atoms with E-state index < -0.39 is 14.8 Å². The monoisotopic (exact) mass is 451 g/mol. The van der Waals surface area contributed by atoms with Gasteiger partial charge in [0.1, 0.15) is 34.0 Å². The highest BCUT2D eigenvalue weighted by Gasteiger charge is 2.40. The summed E-state index contributed by atoms with van der Waals surface area (Å²) in [6.07, 6.45) is 0.436. The van der Waals surface area contributed by atoms with Crippen LogP contribution in [0, 0.1) is 0 Å². The average Bonchev–Trinajstić information content (AvgIpc) is 2.78. The van der Waals surface area contributed by atoms with Crippen LogP contribution in [0.4, 0.5) is 0 Å². The summed E-state index contributed by atoms with van der Waals surface area (Å²) in [5.74, 6) is 2.12. The maximum absolute atomic E-state index is 13.4. The highest BCUT2D eigenvalue weighted by molar-refractivity contribution is 7.91. The van der Waals surface area contributed by atoms with E-state index in [0.717, 1.165) is 0 Å². The van der Waals surface area contributed by atoms with E-state index in [1.54, 1.807) is 36.4 Å². The normalized spacial score (nSPS) is 11.8. The van der Waals surface area contributed by atoms with Crippen LogP contribution in [0.5, 0.6) is 23.0 Å². The Labute approximate surface area is 183 Å². The lowest BCUT2D eigenvalue weighted by molar-refractivity contribution is -0.109. The first-order chi connectivity index (χ1) is 14.6. The van der Waals surface area contributed by atoms with Crippen molar-refractivity contribution in [2.75, 3.05) is 28.4 Å². The number of benzene rings is 2. The van der Waals surface area contributed by atoms with Crippen molar-refractivity contribution in [3.05, 3.63) is 47.5 Å². The lowest BCUT2D eigenvalue weighted by atomic mass is 10.1. The SMILES string of the molecule is COc1ccc(CN(Cc2ccc(OC)cc2OC)S(=O)(=O)C(C)(C)C=O)c(OC)c1. The third-order valence-corrected chi connectivity index (χ3v) is 7.33. The maximum Gasteiger partial charge on any atom is 0.226 e. The van der Waals surface area contributed by atoms with E-state index in [-0.39, 0.29) is 13.1 Å². The lowest BCUT2D eigenvalue weighted by Gasteiger charge is -2.30. The quantitative estimate of drug-likeness (QED) is 0.485. The Morgan fingerprint density at radius 2 is 1.23 bits per heavy atom. The molecule has 0 unspecified atom stereocenters. The Morgan fingerprint density at radius 3 is 1.55 bits per heavy atom. The van der Waals surface area contributed by atoms with Gasteiger partial charge in [-0.15, -0.1) is 0 Å². The summed E-state index contributed by atoms with van der Waals surface area (Å²) in [5.41, 5.74) is 1.25. The van der Waals surface area contributed by atoms with Gasteiger partial charge in [0, 0.05) is 36.3 Å². The first-order valence-electron chi connectivity index (χ1n) is 9.51. The standard InChI is InChI=1S/C22H29NO7S/c1-22(2,15-24)31(25,26)23(13-16-7-9-18(27-3)11-20(16)29-5)14-17-8-10-19(28-4)12-21(17)30-6/h7-12,15H,13-14H2,1-6H3. The molecule has 0 radical (unpaired) electrons. The van der Waals surface area contributed by atoms with Gasteiger partial charge in [0.05, 0.1) is 28.4 Å². The molecule has 0 amide bonds. The van der Waals surface area contributed by atoms with Gasteiger partial charge in [-0.25, -0.2) is 8.42 Å². The van der Waals surface area contributed by atoms with Gasteiger partial charge in [-0.3, -0.25) is 0 Å². The molecular weight excluding hydrogens is 422 g/mol. The zero-order valence-electron chi connectivity index (χ0n) is 18.7. The summed E-state index contributed by atoms with van der Waals surface area (Å²) in [6.45, 7) is 2.72. The van der Waals surface area contributed by atoms with Crippen LogP contribution < -0.4 is 18.9 Å². The van der Waals surface area contributed by atoms with E-state index in [2.05, 4.69) is 0 Å². The Kier molecular flexibility index (Phi) is 7.91. The van der Waals surface area contributed by atoms with Crippen LogP contribution in [0.2, 0.25) is 0 Å². The van der Waals surface area contributed by atoms with E-state index >= 15 is 0 Å². The van der Waals surface area contributed by atoms with Crippen molar-refractivity contribution in [3.8, 4) is 23.0 Å². The minimum atomic E-state index is -4.04. The third kappa shape index (κ3) is 5.29. The molecule has 2 rings (SSSR count). The van der Waals surface area contributed by atoms with Gasteiger partial charge in [0.15, 0.2) is 0 Å². The fraction of sp³-hybridized carbons (Fsp3) is 0.409. The molecular formula is C22H29NO7S. The molecule has 2 aromatic rings. The summed E-state index contributed by atoms with van der Waals surface area (Å²) in [5, 5.41) is 0. The molecule has 9 heteroatoms. The highest BCUT2D eigenvalue weighted by atomic mass is 32.2. The van der Waals surface area contributed by atoms with E-state index in [1.807, 2.05) is 0 Å². The zero-order chi connectivity index (χ0) is 23.2. The summed E-state index contributed by atoms with van der Waals surface area (Å²) < 4.78 is 47.7. The minimum absolute atomic E-state index is 0.0119. The number of nitrogens with zero attached hydrogens (tertiary/aromatic N) is 1. The van der Waals surface area contributed by atoms with Gasteiger partial charge in [-0.2, -0.15) is 4.31 Å². The fourth-order valence-corrected chi connectivity index (χ4v) is 4.37. The second-order valence-corrected chi connectivity index (χ2v) is 9.87. The van der Waals surface area contributed by atoms with E-state index in [1.165, 1.54) is 46.6 Å². The van der Waals surface area contributed by atoms with Crippen LogP contribution >= 0.6 is 0 Å². The van der Waals surface area contributed by atoms with E-state index in [0.29, 0.717) is 40.4 Å². The second kappa shape index (κ2) is 10.0. The van der Waals surface area contributed by atoms with Crippen molar-refractivity contribution in [1.29, 1.82) is 0 Å². The van der Waals surface area contributed by atoms with Crippen LogP contribution in [-0.2, 0) is 27.9 Å². The molecule has 0 saturated carbocycles. The molecule has 2 aromatic carbocycles. The molecule has 0 N–H and O–H groups in total. The fourth-order valence-electron chi connectivity index (χ4n) is 2.96. The molecule has 0 saturated heterocycles. The number of rotatable bonds is 11. The molecule has 0 heterocycles. The summed E-state index contributed by atoms with van der Waals surface area (Å²) in [4.78, 5) is 11.6. The second-order valence-electron chi connectivity index (χ2n) is 7.35. The third-order valence-electron chi connectivity index (χ3n) is 4.97.